The summed E-state index contributed by atoms with van der Waals surface area (Å²) < 4.78 is 6.02. The van der Waals surface area contributed by atoms with Crippen LogP contribution in [0.15, 0.2) is 0 Å². The first-order valence-corrected chi connectivity index (χ1v) is 6.30. The summed E-state index contributed by atoms with van der Waals surface area (Å²) in [6.07, 6.45) is 5.99. The molecule has 0 heterocycles. The molecule has 1 rings (SSSR count). The molecule has 3 N–H and O–H groups in total. The monoisotopic (exact) mass is 214 g/mol. The Balaban J connectivity index is 2.75. The third-order valence-corrected chi connectivity index (χ3v) is 3.84. The predicted octanol–water partition coefficient (Wildman–Crippen LogP) is 2.21. The number of ether oxygens (including phenoxy) is 1. The second-order valence-electron chi connectivity index (χ2n) is 4.73. The van der Waals surface area contributed by atoms with Crippen LogP contribution in [0.1, 0.15) is 52.9 Å². The quantitative estimate of drug-likeness (QED) is 0.526. The van der Waals surface area contributed by atoms with Gasteiger partial charge in [0.15, 0.2) is 0 Å². The summed E-state index contributed by atoms with van der Waals surface area (Å²) in [6, 6.07) is 0.296. The predicted molar refractivity (Wildman–Crippen MR) is 63.4 cm³/mol. The summed E-state index contributed by atoms with van der Waals surface area (Å²) in [5, 5.41) is 0. The molecule has 0 aliphatic heterocycles. The molecule has 2 atom stereocenters. The molecule has 0 radical (unpaired) electrons. The summed E-state index contributed by atoms with van der Waals surface area (Å²) in [5.74, 6) is 6.28. The molecule has 0 aromatic rings. The summed E-state index contributed by atoms with van der Waals surface area (Å²) in [6.45, 7) is 7.33. The molecule has 3 nitrogen and oxygen atoms in total. The van der Waals surface area contributed by atoms with Gasteiger partial charge in [-0.2, -0.15) is 0 Å². The topological polar surface area (TPSA) is 47.3 Å². The Morgan fingerprint density at radius 2 is 1.93 bits per heavy atom. The molecule has 0 spiro atoms. The smallest absolute Gasteiger partial charge is 0.0850 e. The highest BCUT2D eigenvalue weighted by molar-refractivity contribution is 4.98. The van der Waals surface area contributed by atoms with Crippen LogP contribution in [0.2, 0.25) is 0 Å². The van der Waals surface area contributed by atoms with E-state index in [0.717, 1.165) is 25.9 Å². The van der Waals surface area contributed by atoms with Gasteiger partial charge in [-0.05, 0) is 25.7 Å². The zero-order chi connectivity index (χ0) is 11.3. The van der Waals surface area contributed by atoms with Crippen LogP contribution in [-0.2, 0) is 4.74 Å². The van der Waals surface area contributed by atoms with Gasteiger partial charge in [-0.3, -0.25) is 11.3 Å². The highest BCUT2D eigenvalue weighted by Crippen LogP contribution is 2.38. The van der Waals surface area contributed by atoms with Crippen molar-refractivity contribution in [1.29, 1.82) is 0 Å². The van der Waals surface area contributed by atoms with Gasteiger partial charge < -0.3 is 4.74 Å². The maximum absolute atomic E-state index is 6.02. The minimum Gasteiger partial charge on any atom is -0.374 e. The molecule has 3 heteroatoms. The molecule has 0 aromatic heterocycles. The minimum atomic E-state index is -0.00106. The highest BCUT2D eigenvalue weighted by atomic mass is 16.5. The van der Waals surface area contributed by atoms with Gasteiger partial charge in [-0.25, -0.2) is 0 Å². The summed E-state index contributed by atoms with van der Waals surface area (Å²) in [7, 11) is 0. The molecule has 1 saturated carbocycles. The van der Waals surface area contributed by atoms with Crippen LogP contribution in [0.4, 0.5) is 0 Å². The second kappa shape index (κ2) is 5.83. The number of hydrogen-bond acceptors (Lipinski definition) is 3. The van der Waals surface area contributed by atoms with Gasteiger partial charge in [0.25, 0.3) is 0 Å². The summed E-state index contributed by atoms with van der Waals surface area (Å²) in [5.41, 5.74) is 2.99. The highest BCUT2D eigenvalue weighted by Gasteiger charge is 2.43. The Kier molecular flexibility index (Phi) is 5.03. The van der Waals surface area contributed by atoms with Crippen molar-refractivity contribution in [3.63, 3.8) is 0 Å². The maximum Gasteiger partial charge on any atom is 0.0850 e. The molecular formula is C12H26N2O. The molecule has 2 unspecified atom stereocenters. The van der Waals surface area contributed by atoms with Crippen molar-refractivity contribution >= 4 is 0 Å². The van der Waals surface area contributed by atoms with Gasteiger partial charge in [-0.15, -0.1) is 0 Å². The third kappa shape index (κ3) is 2.71. The molecule has 1 aliphatic carbocycles. The molecule has 0 amide bonds. The molecular weight excluding hydrogens is 188 g/mol. The number of hydrazine groups is 1. The van der Waals surface area contributed by atoms with Crippen LogP contribution in [-0.4, -0.2) is 18.2 Å². The molecule has 0 aromatic carbocycles. The number of nitrogens with two attached hydrogens (primary N) is 1. The van der Waals surface area contributed by atoms with Gasteiger partial charge >= 0.3 is 0 Å². The fourth-order valence-electron chi connectivity index (χ4n) is 2.88. The second-order valence-corrected chi connectivity index (χ2v) is 4.73. The van der Waals surface area contributed by atoms with Crippen LogP contribution in [0.3, 0.4) is 0 Å². The number of hydrogen-bond donors (Lipinski definition) is 2. The van der Waals surface area contributed by atoms with E-state index in [2.05, 4.69) is 26.2 Å². The average molecular weight is 214 g/mol. The third-order valence-electron chi connectivity index (χ3n) is 3.84. The Morgan fingerprint density at radius 1 is 1.33 bits per heavy atom. The van der Waals surface area contributed by atoms with E-state index in [4.69, 9.17) is 10.6 Å². The minimum absolute atomic E-state index is 0.00106. The zero-order valence-corrected chi connectivity index (χ0v) is 10.4. The lowest BCUT2D eigenvalue weighted by molar-refractivity contribution is -0.0740. The summed E-state index contributed by atoms with van der Waals surface area (Å²) >= 11 is 0. The first-order valence-electron chi connectivity index (χ1n) is 6.30. The number of rotatable bonds is 6. The molecule has 15 heavy (non-hydrogen) atoms. The van der Waals surface area contributed by atoms with Crippen LogP contribution in [0.5, 0.6) is 0 Å². The Labute approximate surface area is 93.7 Å². The lowest BCUT2D eigenvalue weighted by atomic mass is 9.83. The largest absolute Gasteiger partial charge is 0.374 e. The lowest BCUT2D eigenvalue weighted by Crippen LogP contribution is -2.56. The van der Waals surface area contributed by atoms with E-state index < -0.39 is 0 Å². The average Bonchev–Trinajstić information content (AvgIpc) is 2.68. The first-order chi connectivity index (χ1) is 7.20. The van der Waals surface area contributed by atoms with E-state index in [9.17, 15) is 0 Å². The van der Waals surface area contributed by atoms with Gasteiger partial charge in [0.05, 0.1) is 11.6 Å². The molecule has 0 saturated heterocycles. The maximum atomic E-state index is 6.02. The molecule has 1 fully saturated rings. The van der Waals surface area contributed by atoms with Crippen LogP contribution >= 0.6 is 0 Å². The van der Waals surface area contributed by atoms with E-state index in [1.54, 1.807) is 0 Å². The fourth-order valence-corrected chi connectivity index (χ4v) is 2.88. The Morgan fingerprint density at radius 3 is 2.33 bits per heavy atom. The SMILES string of the molecule is CCOC1(C(NN)C(C)CC)CCCC1. The zero-order valence-electron chi connectivity index (χ0n) is 10.4. The van der Waals surface area contributed by atoms with E-state index in [1.807, 2.05) is 0 Å². The molecule has 1 aliphatic rings. The lowest BCUT2D eigenvalue weighted by Gasteiger charge is -2.40. The first kappa shape index (κ1) is 12.9. The molecule has 0 bridgehead atoms. The van der Waals surface area contributed by atoms with E-state index in [-0.39, 0.29) is 5.60 Å². The fraction of sp³-hybridized carbons (Fsp3) is 1.00. The van der Waals surface area contributed by atoms with Gasteiger partial charge in [0, 0.05) is 6.61 Å². The van der Waals surface area contributed by atoms with Crippen LogP contribution < -0.4 is 11.3 Å². The van der Waals surface area contributed by atoms with E-state index in [0.29, 0.717) is 12.0 Å². The van der Waals surface area contributed by atoms with Crippen molar-refractivity contribution in [1.82, 2.24) is 5.43 Å². The van der Waals surface area contributed by atoms with Crippen molar-refractivity contribution < 1.29 is 4.74 Å². The summed E-state index contributed by atoms with van der Waals surface area (Å²) in [4.78, 5) is 0. The van der Waals surface area contributed by atoms with Gasteiger partial charge in [-0.1, -0.05) is 33.1 Å². The normalized spacial score (nSPS) is 24.0. The van der Waals surface area contributed by atoms with Crippen molar-refractivity contribution in [2.45, 2.75) is 64.5 Å². The van der Waals surface area contributed by atoms with Gasteiger partial charge in [0.1, 0.15) is 0 Å². The standard InChI is InChI=1S/C12H26N2O/c1-4-10(3)11(14-13)12(15-5-2)8-6-7-9-12/h10-11,14H,4-9,13H2,1-3H3. The van der Waals surface area contributed by atoms with E-state index in [1.165, 1.54) is 12.8 Å². The Bertz CT molecular complexity index is 178. The molecule has 90 valence electrons. The van der Waals surface area contributed by atoms with Crippen LogP contribution in [0, 0.1) is 5.92 Å². The van der Waals surface area contributed by atoms with Crippen molar-refractivity contribution in [3.05, 3.63) is 0 Å². The van der Waals surface area contributed by atoms with Gasteiger partial charge in [0.2, 0.25) is 0 Å². The number of nitrogens with one attached hydrogen (secondary N) is 1. The van der Waals surface area contributed by atoms with Crippen molar-refractivity contribution in [2.75, 3.05) is 6.61 Å². The van der Waals surface area contributed by atoms with Crippen molar-refractivity contribution in [2.24, 2.45) is 11.8 Å². The van der Waals surface area contributed by atoms with E-state index >= 15 is 0 Å². The van der Waals surface area contributed by atoms with Crippen molar-refractivity contribution in [3.8, 4) is 0 Å². The van der Waals surface area contributed by atoms with Crippen LogP contribution in [0.25, 0.3) is 0 Å². The Hall–Kier alpha value is -0.120.